The van der Waals surface area contributed by atoms with Crippen LogP contribution in [0, 0.1) is 13.8 Å². The monoisotopic (exact) mass is 294 g/mol. The van der Waals surface area contributed by atoms with Crippen LogP contribution in [0.2, 0.25) is 0 Å². The Labute approximate surface area is 124 Å². The van der Waals surface area contributed by atoms with E-state index >= 15 is 0 Å². The van der Waals surface area contributed by atoms with E-state index < -0.39 is 5.97 Å². The van der Waals surface area contributed by atoms with Crippen LogP contribution in [0.15, 0.2) is 0 Å². The predicted octanol–water partition coefficient (Wildman–Crippen LogP) is 0.924. The maximum absolute atomic E-state index is 11.4. The fourth-order valence-corrected chi connectivity index (χ4v) is 2.40. The van der Waals surface area contributed by atoms with Crippen LogP contribution in [0.25, 0.3) is 0 Å². The van der Waals surface area contributed by atoms with E-state index in [1.165, 1.54) is 0 Å². The van der Waals surface area contributed by atoms with E-state index in [-0.39, 0.29) is 11.7 Å². The number of ether oxygens (including phenoxy) is 1. The summed E-state index contributed by atoms with van der Waals surface area (Å²) in [6, 6.07) is 0. The molecule has 7 nitrogen and oxygen atoms in total. The normalized spacial score (nSPS) is 19.5. The van der Waals surface area contributed by atoms with E-state index in [1.807, 2.05) is 0 Å². The molecular weight excluding hydrogens is 272 g/mol. The number of carbonyl (C=O) groups is 1. The highest BCUT2D eigenvalue weighted by Crippen LogP contribution is 2.18. The quantitative estimate of drug-likeness (QED) is 0.835. The molecule has 116 valence electrons. The summed E-state index contributed by atoms with van der Waals surface area (Å²) >= 11 is 0. The molecule has 1 aliphatic rings. The van der Waals surface area contributed by atoms with E-state index in [1.54, 1.807) is 13.8 Å². The molecule has 1 saturated heterocycles. The topological polar surface area (TPSA) is 87.6 Å². The van der Waals surface area contributed by atoms with Crippen LogP contribution in [-0.2, 0) is 4.74 Å². The van der Waals surface area contributed by atoms with Crippen molar-refractivity contribution in [3.8, 4) is 0 Å². The minimum absolute atomic E-state index is 0.0313. The first-order chi connectivity index (χ1) is 10.0. The Balaban J connectivity index is 2.06. The number of morpholine rings is 1. The van der Waals surface area contributed by atoms with Gasteiger partial charge in [-0.2, -0.15) is 5.10 Å². The molecule has 0 spiro atoms. The maximum Gasteiger partial charge on any atom is 0.339 e. The molecule has 0 aromatic carbocycles. The molecule has 0 aliphatic carbocycles. The number of anilines is 1. The molecule has 2 heterocycles. The number of aryl methyl sites for hydroxylation is 1. The lowest BCUT2D eigenvalue weighted by molar-refractivity contribution is -0.0192. The zero-order valence-corrected chi connectivity index (χ0v) is 12.7. The third-order valence-electron chi connectivity index (χ3n) is 3.84. The zero-order valence-electron chi connectivity index (χ0n) is 12.7. The van der Waals surface area contributed by atoms with Crippen molar-refractivity contribution >= 4 is 11.8 Å². The lowest BCUT2D eigenvalue weighted by Gasteiger charge is -2.32. The first-order valence-electron chi connectivity index (χ1n) is 7.18. The van der Waals surface area contributed by atoms with Gasteiger partial charge in [0.25, 0.3) is 0 Å². The summed E-state index contributed by atoms with van der Waals surface area (Å²) in [5.41, 5.74) is 1.45. The van der Waals surface area contributed by atoms with Gasteiger partial charge < -0.3 is 15.2 Å². The third kappa shape index (κ3) is 3.68. The molecule has 1 aromatic rings. The Bertz CT molecular complexity index is 521. The van der Waals surface area contributed by atoms with Crippen LogP contribution in [0.5, 0.6) is 0 Å². The first kappa shape index (κ1) is 15.7. The zero-order chi connectivity index (χ0) is 15.4. The highest BCUT2D eigenvalue weighted by molar-refractivity contribution is 5.94. The van der Waals surface area contributed by atoms with Gasteiger partial charge in [0.1, 0.15) is 5.56 Å². The number of likely N-dealkylation sites (N-methyl/N-ethyl adjacent to an activating group) is 1. The summed E-state index contributed by atoms with van der Waals surface area (Å²) in [5.74, 6) is -0.685. The van der Waals surface area contributed by atoms with Crippen molar-refractivity contribution in [2.45, 2.75) is 26.9 Å². The fraction of sp³-hybridized carbons (Fsp3) is 0.643. The van der Waals surface area contributed by atoms with Gasteiger partial charge in [0, 0.05) is 19.6 Å². The number of hydrogen-bond acceptors (Lipinski definition) is 6. The molecule has 21 heavy (non-hydrogen) atoms. The van der Waals surface area contributed by atoms with Gasteiger partial charge in [-0.3, -0.25) is 4.90 Å². The fourth-order valence-electron chi connectivity index (χ4n) is 2.40. The van der Waals surface area contributed by atoms with Gasteiger partial charge in [-0.1, -0.05) is 6.92 Å². The largest absolute Gasteiger partial charge is 0.478 e. The number of aromatic carboxylic acids is 1. The Morgan fingerprint density at radius 2 is 2.24 bits per heavy atom. The van der Waals surface area contributed by atoms with E-state index in [2.05, 4.69) is 27.3 Å². The first-order valence-corrected chi connectivity index (χ1v) is 7.18. The highest BCUT2D eigenvalue weighted by Gasteiger charge is 2.22. The molecule has 0 saturated carbocycles. The average molecular weight is 294 g/mol. The van der Waals surface area contributed by atoms with Crippen molar-refractivity contribution in [2.75, 3.05) is 38.1 Å². The SMILES string of the molecule is CCN1CCOC(CNc2nnc(C)c(C)c2C(=O)O)C1. The lowest BCUT2D eigenvalue weighted by Crippen LogP contribution is -2.45. The molecule has 7 heteroatoms. The third-order valence-corrected chi connectivity index (χ3v) is 3.84. The smallest absolute Gasteiger partial charge is 0.339 e. The summed E-state index contributed by atoms with van der Waals surface area (Å²) in [6.45, 7) is 9.60. The van der Waals surface area contributed by atoms with Crippen molar-refractivity contribution in [2.24, 2.45) is 0 Å². The summed E-state index contributed by atoms with van der Waals surface area (Å²) in [5, 5.41) is 20.4. The second kappa shape index (κ2) is 6.82. The molecule has 2 N–H and O–H groups in total. The molecule has 1 aromatic heterocycles. The van der Waals surface area contributed by atoms with Gasteiger partial charge in [-0.05, 0) is 26.0 Å². The van der Waals surface area contributed by atoms with Crippen LogP contribution in [0.1, 0.15) is 28.5 Å². The number of nitrogens with zero attached hydrogens (tertiary/aromatic N) is 3. The minimum atomic E-state index is -0.993. The van der Waals surface area contributed by atoms with Gasteiger partial charge in [-0.15, -0.1) is 5.10 Å². The van der Waals surface area contributed by atoms with E-state index in [0.29, 0.717) is 30.2 Å². The Kier molecular flexibility index (Phi) is 5.08. The highest BCUT2D eigenvalue weighted by atomic mass is 16.5. The second-order valence-corrected chi connectivity index (χ2v) is 5.21. The number of hydrogen-bond donors (Lipinski definition) is 2. The van der Waals surface area contributed by atoms with Crippen molar-refractivity contribution in [1.82, 2.24) is 15.1 Å². The van der Waals surface area contributed by atoms with Crippen LogP contribution in [0.3, 0.4) is 0 Å². The van der Waals surface area contributed by atoms with Crippen molar-refractivity contribution < 1.29 is 14.6 Å². The standard InChI is InChI=1S/C14H22N4O3/c1-4-18-5-6-21-11(8-18)7-15-13-12(14(19)20)9(2)10(3)16-17-13/h11H,4-8H2,1-3H3,(H,15,17)(H,19,20). The van der Waals surface area contributed by atoms with Gasteiger partial charge in [-0.25, -0.2) is 4.79 Å². The molecule has 1 atom stereocenters. The molecule has 0 radical (unpaired) electrons. The van der Waals surface area contributed by atoms with Gasteiger partial charge >= 0.3 is 5.97 Å². The molecule has 1 fully saturated rings. The van der Waals surface area contributed by atoms with Gasteiger partial charge in [0.2, 0.25) is 0 Å². The molecule has 1 aliphatic heterocycles. The van der Waals surface area contributed by atoms with E-state index in [0.717, 1.165) is 19.6 Å². The van der Waals surface area contributed by atoms with Gasteiger partial charge in [0.05, 0.1) is 18.4 Å². The number of carboxylic acid groups (broad SMARTS) is 1. The summed E-state index contributed by atoms with van der Waals surface area (Å²) in [4.78, 5) is 13.7. The summed E-state index contributed by atoms with van der Waals surface area (Å²) < 4.78 is 5.69. The molecule has 0 bridgehead atoms. The average Bonchev–Trinajstić information content (AvgIpc) is 2.48. The predicted molar refractivity (Wildman–Crippen MR) is 78.8 cm³/mol. The molecular formula is C14H22N4O3. The molecule has 0 amide bonds. The van der Waals surface area contributed by atoms with Crippen LogP contribution in [0.4, 0.5) is 5.82 Å². The number of aromatic nitrogens is 2. The second-order valence-electron chi connectivity index (χ2n) is 5.21. The van der Waals surface area contributed by atoms with E-state index in [9.17, 15) is 9.90 Å². The number of nitrogens with one attached hydrogen (secondary N) is 1. The minimum Gasteiger partial charge on any atom is -0.478 e. The van der Waals surface area contributed by atoms with Crippen molar-refractivity contribution in [3.05, 3.63) is 16.8 Å². The van der Waals surface area contributed by atoms with Crippen molar-refractivity contribution in [3.63, 3.8) is 0 Å². The Hall–Kier alpha value is -1.73. The van der Waals surface area contributed by atoms with Gasteiger partial charge in [0.15, 0.2) is 5.82 Å². The molecule has 1 unspecified atom stereocenters. The maximum atomic E-state index is 11.4. The van der Waals surface area contributed by atoms with E-state index in [4.69, 9.17) is 4.74 Å². The summed E-state index contributed by atoms with van der Waals surface area (Å²) in [6.07, 6.45) is 0.0313. The number of carboxylic acids is 1. The lowest BCUT2D eigenvalue weighted by atomic mass is 10.1. The Morgan fingerprint density at radius 1 is 1.48 bits per heavy atom. The Morgan fingerprint density at radius 3 is 2.90 bits per heavy atom. The molecule has 2 rings (SSSR count). The van der Waals surface area contributed by atoms with Crippen LogP contribution >= 0.6 is 0 Å². The summed E-state index contributed by atoms with van der Waals surface area (Å²) in [7, 11) is 0. The van der Waals surface area contributed by atoms with Crippen LogP contribution in [-0.4, -0.2) is 65.1 Å². The van der Waals surface area contributed by atoms with Crippen molar-refractivity contribution in [1.29, 1.82) is 0 Å². The van der Waals surface area contributed by atoms with Crippen LogP contribution < -0.4 is 5.32 Å². The number of rotatable bonds is 5.